The van der Waals surface area contributed by atoms with Crippen molar-refractivity contribution in [1.29, 1.82) is 0 Å². The van der Waals surface area contributed by atoms with Crippen molar-refractivity contribution in [2.75, 3.05) is 20.2 Å². The molecule has 132 valence electrons. The summed E-state index contributed by atoms with van der Waals surface area (Å²) in [5.74, 6) is -0.146. The highest BCUT2D eigenvalue weighted by atomic mass is 35.5. The van der Waals surface area contributed by atoms with Gasteiger partial charge in [-0.05, 0) is 18.9 Å². The summed E-state index contributed by atoms with van der Waals surface area (Å²) in [4.78, 5) is 30.4. The second kappa shape index (κ2) is 7.84. The third-order valence-electron chi connectivity index (χ3n) is 4.10. The van der Waals surface area contributed by atoms with E-state index in [1.165, 1.54) is 18.4 Å². The zero-order chi connectivity index (χ0) is 17.8. The summed E-state index contributed by atoms with van der Waals surface area (Å²) >= 11 is 7.49. The fourth-order valence-corrected chi connectivity index (χ4v) is 3.87. The standard InChI is InChI=1S/C17H18ClN3O3S/c1-24-17(23)21-8-6-11(7-9-21)20-15(22)14-10-19-16(25-14)12-4-2-3-5-13(12)18/h2-5,10-11H,6-9H2,1H3,(H,20,22). The van der Waals surface area contributed by atoms with E-state index in [-0.39, 0.29) is 18.0 Å². The SMILES string of the molecule is COC(=O)N1CCC(NC(=O)c2cnc(-c3ccccc3Cl)s2)CC1. The Kier molecular flexibility index (Phi) is 5.55. The molecule has 0 spiro atoms. The number of carbonyl (C=O) groups is 2. The van der Waals surface area contributed by atoms with Gasteiger partial charge in [-0.15, -0.1) is 11.3 Å². The van der Waals surface area contributed by atoms with E-state index in [9.17, 15) is 9.59 Å². The van der Waals surface area contributed by atoms with Crippen molar-refractivity contribution in [1.82, 2.24) is 15.2 Å². The summed E-state index contributed by atoms with van der Waals surface area (Å²) in [5, 5.41) is 4.34. The van der Waals surface area contributed by atoms with Crippen molar-refractivity contribution in [3.8, 4) is 10.6 Å². The Morgan fingerprint density at radius 2 is 2.04 bits per heavy atom. The Labute approximate surface area is 154 Å². The van der Waals surface area contributed by atoms with Crippen LogP contribution in [-0.4, -0.2) is 48.1 Å². The first-order valence-electron chi connectivity index (χ1n) is 7.93. The summed E-state index contributed by atoms with van der Waals surface area (Å²) in [7, 11) is 1.37. The van der Waals surface area contributed by atoms with Gasteiger partial charge in [0.15, 0.2) is 0 Å². The number of methoxy groups -OCH3 is 1. The molecule has 0 atom stereocenters. The molecular weight excluding hydrogens is 362 g/mol. The van der Waals surface area contributed by atoms with Gasteiger partial charge in [0, 0.05) is 24.7 Å². The van der Waals surface area contributed by atoms with Gasteiger partial charge in [0.2, 0.25) is 0 Å². The zero-order valence-corrected chi connectivity index (χ0v) is 15.3. The number of nitrogens with one attached hydrogen (secondary N) is 1. The summed E-state index contributed by atoms with van der Waals surface area (Å²) in [6.07, 6.45) is 2.66. The number of amides is 2. The fraction of sp³-hybridized carbons (Fsp3) is 0.353. The van der Waals surface area contributed by atoms with Gasteiger partial charge in [-0.3, -0.25) is 4.79 Å². The van der Waals surface area contributed by atoms with Crippen LogP contribution in [0, 0.1) is 0 Å². The molecule has 1 aromatic carbocycles. The number of thiazole rings is 1. The van der Waals surface area contributed by atoms with E-state index in [1.807, 2.05) is 18.2 Å². The maximum Gasteiger partial charge on any atom is 0.409 e. The average Bonchev–Trinajstić information content (AvgIpc) is 3.12. The molecule has 0 saturated carbocycles. The minimum atomic E-state index is -0.323. The lowest BCUT2D eigenvalue weighted by Crippen LogP contribution is -2.46. The second-order valence-corrected chi connectivity index (χ2v) is 7.15. The van der Waals surface area contributed by atoms with E-state index in [0.29, 0.717) is 35.8 Å². The van der Waals surface area contributed by atoms with Gasteiger partial charge in [-0.25, -0.2) is 9.78 Å². The van der Waals surface area contributed by atoms with Crippen LogP contribution >= 0.6 is 22.9 Å². The summed E-state index contributed by atoms with van der Waals surface area (Å²) in [5.41, 5.74) is 0.819. The molecule has 0 radical (unpaired) electrons. The highest BCUT2D eigenvalue weighted by Crippen LogP contribution is 2.31. The summed E-state index contributed by atoms with van der Waals surface area (Å²) in [6, 6.07) is 7.46. The maximum absolute atomic E-state index is 12.4. The second-order valence-electron chi connectivity index (χ2n) is 5.71. The predicted molar refractivity (Wildman–Crippen MR) is 97.0 cm³/mol. The molecule has 1 aliphatic heterocycles. The molecule has 1 saturated heterocycles. The molecule has 6 nitrogen and oxygen atoms in total. The zero-order valence-electron chi connectivity index (χ0n) is 13.7. The Hall–Kier alpha value is -2.12. The molecule has 0 aliphatic carbocycles. The van der Waals surface area contributed by atoms with Crippen LogP contribution in [0.5, 0.6) is 0 Å². The lowest BCUT2D eigenvalue weighted by molar-refractivity contribution is 0.0896. The van der Waals surface area contributed by atoms with Crippen molar-refractivity contribution in [3.05, 3.63) is 40.4 Å². The number of likely N-dealkylation sites (tertiary alicyclic amines) is 1. The highest BCUT2D eigenvalue weighted by molar-refractivity contribution is 7.17. The number of aromatic nitrogens is 1. The van der Waals surface area contributed by atoms with Crippen LogP contribution in [0.2, 0.25) is 5.02 Å². The Balaban J connectivity index is 1.60. The molecule has 2 heterocycles. The van der Waals surface area contributed by atoms with Crippen LogP contribution in [0.15, 0.2) is 30.5 Å². The first-order valence-corrected chi connectivity index (χ1v) is 9.12. The molecule has 0 bridgehead atoms. The number of benzene rings is 1. The first kappa shape index (κ1) is 17.7. The maximum atomic E-state index is 12.4. The number of ether oxygens (including phenoxy) is 1. The number of halogens is 1. The smallest absolute Gasteiger partial charge is 0.409 e. The normalized spacial score (nSPS) is 15.0. The molecular formula is C17H18ClN3O3S. The van der Waals surface area contributed by atoms with E-state index >= 15 is 0 Å². The van der Waals surface area contributed by atoms with E-state index in [4.69, 9.17) is 16.3 Å². The topological polar surface area (TPSA) is 71.5 Å². The third-order valence-corrected chi connectivity index (χ3v) is 5.46. The molecule has 8 heteroatoms. The Morgan fingerprint density at radius 3 is 2.72 bits per heavy atom. The van der Waals surface area contributed by atoms with E-state index in [0.717, 1.165) is 10.6 Å². The van der Waals surface area contributed by atoms with Crippen LogP contribution in [0.3, 0.4) is 0 Å². The lowest BCUT2D eigenvalue weighted by Gasteiger charge is -2.31. The molecule has 0 unspecified atom stereocenters. The average molecular weight is 380 g/mol. The fourth-order valence-electron chi connectivity index (χ4n) is 2.73. The monoisotopic (exact) mass is 379 g/mol. The van der Waals surface area contributed by atoms with Crippen molar-refractivity contribution >= 4 is 34.9 Å². The number of carbonyl (C=O) groups excluding carboxylic acids is 2. The molecule has 1 N–H and O–H groups in total. The van der Waals surface area contributed by atoms with Crippen LogP contribution in [0.4, 0.5) is 4.79 Å². The van der Waals surface area contributed by atoms with E-state index in [2.05, 4.69) is 10.3 Å². The Bertz CT molecular complexity index is 772. The quantitative estimate of drug-likeness (QED) is 0.886. The van der Waals surface area contributed by atoms with Crippen molar-refractivity contribution in [2.45, 2.75) is 18.9 Å². The molecule has 1 aliphatic rings. The van der Waals surface area contributed by atoms with Gasteiger partial charge in [0.05, 0.1) is 18.3 Å². The van der Waals surface area contributed by atoms with Gasteiger partial charge in [0.1, 0.15) is 9.88 Å². The number of rotatable bonds is 3. The largest absolute Gasteiger partial charge is 0.453 e. The van der Waals surface area contributed by atoms with E-state index in [1.54, 1.807) is 17.2 Å². The van der Waals surface area contributed by atoms with Crippen molar-refractivity contribution in [2.24, 2.45) is 0 Å². The van der Waals surface area contributed by atoms with Gasteiger partial charge in [-0.1, -0.05) is 29.8 Å². The van der Waals surface area contributed by atoms with Crippen molar-refractivity contribution < 1.29 is 14.3 Å². The lowest BCUT2D eigenvalue weighted by atomic mass is 10.1. The van der Waals surface area contributed by atoms with Gasteiger partial charge in [-0.2, -0.15) is 0 Å². The van der Waals surface area contributed by atoms with Crippen LogP contribution in [-0.2, 0) is 4.74 Å². The number of hydrogen-bond donors (Lipinski definition) is 1. The minimum absolute atomic E-state index is 0.0410. The number of nitrogens with zero attached hydrogens (tertiary/aromatic N) is 2. The third kappa shape index (κ3) is 4.11. The minimum Gasteiger partial charge on any atom is -0.453 e. The molecule has 1 fully saturated rings. The van der Waals surface area contributed by atoms with Crippen LogP contribution in [0.25, 0.3) is 10.6 Å². The van der Waals surface area contributed by atoms with Crippen molar-refractivity contribution in [3.63, 3.8) is 0 Å². The Morgan fingerprint density at radius 1 is 1.32 bits per heavy atom. The molecule has 25 heavy (non-hydrogen) atoms. The summed E-state index contributed by atoms with van der Waals surface area (Å²) in [6.45, 7) is 1.15. The number of piperidine rings is 1. The summed E-state index contributed by atoms with van der Waals surface area (Å²) < 4.78 is 4.71. The van der Waals surface area contributed by atoms with Crippen LogP contribution in [0.1, 0.15) is 22.5 Å². The molecule has 2 aromatic rings. The molecule has 2 amide bonds. The first-order chi connectivity index (χ1) is 12.1. The number of hydrogen-bond acceptors (Lipinski definition) is 5. The van der Waals surface area contributed by atoms with Gasteiger partial charge in [0.25, 0.3) is 5.91 Å². The van der Waals surface area contributed by atoms with E-state index < -0.39 is 0 Å². The van der Waals surface area contributed by atoms with Gasteiger partial charge < -0.3 is 15.0 Å². The molecule has 1 aromatic heterocycles. The predicted octanol–water partition coefficient (Wildman–Crippen LogP) is 3.42. The highest BCUT2D eigenvalue weighted by Gasteiger charge is 2.25. The molecule has 3 rings (SSSR count). The van der Waals surface area contributed by atoms with Crippen LogP contribution < -0.4 is 5.32 Å². The van der Waals surface area contributed by atoms with Gasteiger partial charge >= 0.3 is 6.09 Å².